The molecule has 1 heterocycles. The smallest absolute Gasteiger partial charge is 0.261 e. The molecule has 0 amide bonds. The van der Waals surface area contributed by atoms with Crippen molar-refractivity contribution in [2.24, 2.45) is 0 Å². The van der Waals surface area contributed by atoms with Gasteiger partial charge in [0, 0.05) is 21.3 Å². The number of hydrogen-bond acceptors (Lipinski definition) is 3. The second-order valence-electron chi connectivity index (χ2n) is 4.65. The quantitative estimate of drug-likeness (QED) is 0.737. The van der Waals surface area contributed by atoms with Crippen molar-refractivity contribution in [1.82, 2.24) is 9.55 Å². The van der Waals surface area contributed by atoms with Gasteiger partial charge in [-0.05, 0) is 30.3 Å². The van der Waals surface area contributed by atoms with Crippen LogP contribution in [0.1, 0.15) is 5.56 Å². The zero-order chi connectivity index (χ0) is 15.0. The number of rotatable bonds is 2. The van der Waals surface area contributed by atoms with Gasteiger partial charge in [0.25, 0.3) is 5.56 Å². The lowest BCUT2D eigenvalue weighted by Gasteiger charge is -2.10. The molecule has 2 aromatic carbocycles. The lowest BCUT2D eigenvalue weighted by Crippen LogP contribution is -2.21. The van der Waals surface area contributed by atoms with Gasteiger partial charge >= 0.3 is 0 Å². The van der Waals surface area contributed by atoms with Crippen molar-refractivity contribution >= 4 is 39.8 Å². The Morgan fingerprint density at radius 2 is 1.86 bits per heavy atom. The Kier molecular flexibility index (Phi) is 3.57. The molecule has 3 rings (SSSR count). The Balaban J connectivity index is 2.14. The van der Waals surface area contributed by atoms with E-state index in [0.717, 1.165) is 0 Å². The number of aromatic nitrogens is 2. The van der Waals surface area contributed by atoms with Crippen LogP contribution in [0.2, 0.25) is 10.0 Å². The fraction of sp³-hybridized carbons (Fsp3) is 0.0667. The third-order valence-corrected chi connectivity index (χ3v) is 3.95. The van der Waals surface area contributed by atoms with Gasteiger partial charge in [-0.1, -0.05) is 29.3 Å². The molecule has 0 saturated carbocycles. The molecule has 0 radical (unpaired) electrons. The maximum Gasteiger partial charge on any atom is 0.261 e. The van der Waals surface area contributed by atoms with Crippen LogP contribution in [0.25, 0.3) is 10.9 Å². The van der Waals surface area contributed by atoms with Crippen molar-refractivity contribution < 1.29 is 0 Å². The van der Waals surface area contributed by atoms with Gasteiger partial charge in [-0.15, -0.1) is 0 Å². The molecule has 0 aliphatic carbocycles. The number of benzene rings is 2. The van der Waals surface area contributed by atoms with Crippen LogP contribution >= 0.6 is 23.2 Å². The topological polar surface area (TPSA) is 60.9 Å². The number of nitrogens with zero attached hydrogens (tertiary/aromatic N) is 2. The molecule has 6 heteroatoms. The summed E-state index contributed by atoms with van der Waals surface area (Å²) in [6, 6.07) is 10.3. The summed E-state index contributed by atoms with van der Waals surface area (Å²) < 4.78 is 1.47. The molecule has 0 fully saturated rings. The number of fused-ring (bicyclic) bond motifs is 1. The van der Waals surface area contributed by atoms with Crippen molar-refractivity contribution in [2.75, 3.05) is 5.73 Å². The van der Waals surface area contributed by atoms with Crippen molar-refractivity contribution in [3.8, 4) is 0 Å². The Labute approximate surface area is 130 Å². The highest BCUT2D eigenvalue weighted by Gasteiger charge is 2.09. The zero-order valence-corrected chi connectivity index (χ0v) is 12.4. The van der Waals surface area contributed by atoms with E-state index in [1.54, 1.807) is 36.4 Å². The average Bonchev–Trinajstić information content (AvgIpc) is 2.46. The molecule has 0 aliphatic rings. The molecule has 2 N–H and O–H groups in total. The van der Waals surface area contributed by atoms with Gasteiger partial charge in [-0.25, -0.2) is 4.98 Å². The normalized spacial score (nSPS) is 11.0. The fourth-order valence-electron chi connectivity index (χ4n) is 2.14. The van der Waals surface area contributed by atoms with Gasteiger partial charge in [-0.2, -0.15) is 0 Å². The van der Waals surface area contributed by atoms with E-state index in [-0.39, 0.29) is 12.1 Å². The summed E-state index contributed by atoms with van der Waals surface area (Å²) in [5, 5.41) is 1.50. The van der Waals surface area contributed by atoms with E-state index in [1.807, 2.05) is 0 Å². The summed E-state index contributed by atoms with van der Waals surface area (Å²) in [6.07, 6.45) is 1.49. The number of hydrogen-bond donors (Lipinski definition) is 1. The minimum Gasteiger partial charge on any atom is -0.399 e. The predicted molar refractivity (Wildman–Crippen MR) is 86.0 cm³/mol. The van der Waals surface area contributed by atoms with E-state index in [0.29, 0.717) is 32.2 Å². The van der Waals surface area contributed by atoms with E-state index < -0.39 is 0 Å². The first-order chi connectivity index (χ1) is 10.1. The van der Waals surface area contributed by atoms with Crippen LogP contribution in [0.3, 0.4) is 0 Å². The Morgan fingerprint density at radius 3 is 2.57 bits per heavy atom. The maximum absolute atomic E-state index is 12.5. The summed E-state index contributed by atoms with van der Waals surface area (Å²) in [5.41, 5.74) is 7.37. The lowest BCUT2D eigenvalue weighted by atomic mass is 10.2. The fourth-order valence-corrected chi connectivity index (χ4v) is 2.66. The monoisotopic (exact) mass is 319 g/mol. The molecular formula is C15H11Cl2N3O. The number of nitrogen functional groups attached to an aromatic ring is 1. The van der Waals surface area contributed by atoms with Crippen LogP contribution in [-0.4, -0.2) is 9.55 Å². The molecular weight excluding hydrogens is 309 g/mol. The summed E-state index contributed by atoms with van der Waals surface area (Å²) in [5.74, 6) is 0. The number of anilines is 1. The first kappa shape index (κ1) is 13.9. The highest BCUT2D eigenvalue weighted by molar-refractivity contribution is 6.35. The molecule has 0 bridgehead atoms. The number of nitrogens with two attached hydrogens (primary N) is 1. The molecule has 0 spiro atoms. The Bertz CT molecular complexity index is 869. The highest BCUT2D eigenvalue weighted by Crippen LogP contribution is 2.24. The van der Waals surface area contributed by atoms with E-state index in [1.165, 1.54) is 10.9 Å². The van der Waals surface area contributed by atoms with Crippen molar-refractivity contribution in [3.63, 3.8) is 0 Å². The second kappa shape index (κ2) is 5.39. The molecule has 0 unspecified atom stereocenters. The van der Waals surface area contributed by atoms with Gasteiger partial charge in [0.15, 0.2) is 0 Å². The molecule has 0 saturated heterocycles. The van der Waals surface area contributed by atoms with Crippen molar-refractivity contribution in [3.05, 3.63) is 68.7 Å². The lowest BCUT2D eigenvalue weighted by molar-refractivity contribution is 0.749. The molecule has 3 aromatic rings. The number of halogens is 2. The van der Waals surface area contributed by atoms with Crippen LogP contribution in [0.4, 0.5) is 5.69 Å². The van der Waals surface area contributed by atoms with Gasteiger partial charge in [0.05, 0.1) is 23.8 Å². The van der Waals surface area contributed by atoms with Crippen LogP contribution in [0, 0.1) is 0 Å². The van der Waals surface area contributed by atoms with Gasteiger partial charge in [0.1, 0.15) is 0 Å². The molecule has 0 aliphatic heterocycles. The molecule has 0 atom stereocenters. The largest absolute Gasteiger partial charge is 0.399 e. The zero-order valence-electron chi connectivity index (χ0n) is 10.9. The molecule has 1 aromatic heterocycles. The minimum atomic E-state index is -0.178. The van der Waals surface area contributed by atoms with E-state index in [9.17, 15) is 4.79 Å². The molecule has 4 nitrogen and oxygen atoms in total. The third kappa shape index (κ3) is 2.60. The van der Waals surface area contributed by atoms with Crippen LogP contribution in [0.15, 0.2) is 47.5 Å². The summed E-state index contributed by atoms with van der Waals surface area (Å²) in [4.78, 5) is 16.7. The Hall–Kier alpha value is -2.04. The van der Waals surface area contributed by atoms with Gasteiger partial charge in [0.2, 0.25) is 0 Å². The van der Waals surface area contributed by atoms with Gasteiger partial charge in [-0.3, -0.25) is 9.36 Å². The third-order valence-electron chi connectivity index (χ3n) is 3.24. The van der Waals surface area contributed by atoms with E-state index >= 15 is 0 Å². The SMILES string of the molecule is Nc1ccc2ncn(Cc3c(Cl)cccc3Cl)c(=O)c2c1. The van der Waals surface area contributed by atoms with Crippen LogP contribution < -0.4 is 11.3 Å². The summed E-state index contributed by atoms with van der Waals surface area (Å²) in [7, 11) is 0. The van der Waals surface area contributed by atoms with E-state index in [2.05, 4.69) is 4.98 Å². The first-order valence-corrected chi connectivity index (χ1v) is 6.99. The highest BCUT2D eigenvalue weighted by atomic mass is 35.5. The van der Waals surface area contributed by atoms with Crippen molar-refractivity contribution in [1.29, 1.82) is 0 Å². The van der Waals surface area contributed by atoms with Gasteiger partial charge < -0.3 is 5.73 Å². The summed E-state index contributed by atoms with van der Waals surface area (Å²) in [6.45, 7) is 0.259. The summed E-state index contributed by atoms with van der Waals surface area (Å²) >= 11 is 12.3. The van der Waals surface area contributed by atoms with Crippen LogP contribution in [0.5, 0.6) is 0 Å². The Morgan fingerprint density at radius 1 is 1.14 bits per heavy atom. The average molecular weight is 320 g/mol. The molecule has 106 valence electrons. The predicted octanol–water partition coefficient (Wildman–Crippen LogP) is 3.33. The van der Waals surface area contributed by atoms with Crippen LogP contribution in [-0.2, 0) is 6.54 Å². The minimum absolute atomic E-state index is 0.178. The first-order valence-electron chi connectivity index (χ1n) is 6.24. The standard InChI is InChI=1S/C15H11Cl2N3O/c16-12-2-1-3-13(17)11(12)7-20-8-19-14-5-4-9(18)6-10(14)15(20)21/h1-6,8H,7,18H2. The van der Waals surface area contributed by atoms with Crippen molar-refractivity contribution in [2.45, 2.75) is 6.54 Å². The maximum atomic E-state index is 12.5. The second-order valence-corrected chi connectivity index (χ2v) is 5.47. The van der Waals surface area contributed by atoms with E-state index in [4.69, 9.17) is 28.9 Å². The molecule has 21 heavy (non-hydrogen) atoms.